The second-order valence-electron chi connectivity index (χ2n) is 4.65. The van der Waals surface area contributed by atoms with Gasteiger partial charge in [-0.05, 0) is 35.3 Å². The van der Waals surface area contributed by atoms with Crippen molar-refractivity contribution in [2.45, 2.75) is 0 Å². The summed E-state index contributed by atoms with van der Waals surface area (Å²) < 4.78 is 0. The van der Waals surface area contributed by atoms with Gasteiger partial charge in [0.2, 0.25) is 0 Å². The number of rotatable bonds is 4. The fraction of sp³-hybridized carbons (Fsp3) is 0. The van der Waals surface area contributed by atoms with Crippen LogP contribution in [0.1, 0.15) is 20.7 Å². The lowest BCUT2D eigenvalue weighted by atomic mass is 10.1. The molecule has 5 nitrogen and oxygen atoms in total. The second kappa shape index (κ2) is 6.32. The Hall–Kier alpha value is -2.50. The molecule has 0 spiro atoms. The predicted molar refractivity (Wildman–Crippen MR) is 87.6 cm³/mol. The summed E-state index contributed by atoms with van der Waals surface area (Å²) in [6.07, 6.45) is 0. The molecule has 2 aromatic carbocycles. The minimum Gasteiger partial charge on any atom is -0.276 e. The molecular formula is C16H9Cl2N3O2. The van der Waals surface area contributed by atoms with E-state index in [0.717, 1.165) is 0 Å². The van der Waals surface area contributed by atoms with E-state index in [4.69, 9.17) is 23.2 Å². The maximum absolute atomic E-state index is 11.5. The van der Waals surface area contributed by atoms with Gasteiger partial charge in [0.15, 0.2) is 11.6 Å². The monoisotopic (exact) mass is 345 g/mol. The molecule has 1 aromatic heterocycles. The lowest BCUT2D eigenvalue weighted by Gasteiger charge is -2.02. The molecular weight excluding hydrogens is 337 g/mol. The highest BCUT2D eigenvalue weighted by Crippen LogP contribution is 2.26. The van der Waals surface area contributed by atoms with Crippen LogP contribution in [0, 0.1) is 0 Å². The molecule has 0 aliphatic heterocycles. The van der Waals surface area contributed by atoms with Gasteiger partial charge in [0.05, 0.1) is 0 Å². The van der Waals surface area contributed by atoms with Crippen molar-refractivity contribution in [3.05, 3.63) is 59.7 Å². The van der Waals surface area contributed by atoms with E-state index in [0.29, 0.717) is 33.9 Å². The minimum absolute atomic E-state index is 0.307. The number of hydrogen-bond donors (Lipinski definition) is 1. The lowest BCUT2D eigenvalue weighted by molar-refractivity contribution is 0.107. The molecule has 0 saturated heterocycles. The Bertz CT molecular complexity index is 834. The molecule has 3 aromatic rings. The van der Waals surface area contributed by atoms with Gasteiger partial charge in [-0.25, -0.2) is 4.98 Å². The molecule has 1 heterocycles. The Morgan fingerprint density at radius 3 is 1.96 bits per heavy atom. The summed E-state index contributed by atoms with van der Waals surface area (Å²) in [6, 6.07) is 13.5. The van der Waals surface area contributed by atoms with Crippen LogP contribution in [0.15, 0.2) is 48.5 Å². The smallest absolute Gasteiger partial charge is 0.253 e. The summed E-state index contributed by atoms with van der Waals surface area (Å²) in [6.45, 7) is 0. The number of benzene rings is 2. The average molecular weight is 346 g/mol. The first kappa shape index (κ1) is 15.4. The molecule has 3 rings (SSSR count). The molecule has 0 bridgehead atoms. The van der Waals surface area contributed by atoms with Crippen LogP contribution in [0.5, 0.6) is 0 Å². The normalized spacial score (nSPS) is 10.5. The van der Waals surface area contributed by atoms with Crippen LogP contribution in [-0.2, 0) is 0 Å². The van der Waals surface area contributed by atoms with E-state index in [2.05, 4.69) is 15.2 Å². The van der Waals surface area contributed by atoms with E-state index in [1.165, 1.54) is 0 Å². The Balaban J connectivity index is 2.09. The van der Waals surface area contributed by atoms with E-state index in [-0.39, 0.29) is 0 Å². The second-order valence-corrected chi connectivity index (χ2v) is 5.33. The van der Waals surface area contributed by atoms with E-state index in [1.54, 1.807) is 48.5 Å². The van der Waals surface area contributed by atoms with Gasteiger partial charge in [-0.1, -0.05) is 36.4 Å². The SMILES string of the molecule is O=C(Cl)c1ccccc1-c1n[nH]c(-c2ccccc2C(=O)Cl)n1. The summed E-state index contributed by atoms with van der Waals surface area (Å²) in [5.41, 5.74) is 1.66. The zero-order valence-electron chi connectivity index (χ0n) is 11.6. The fourth-order valence-electron chi connectivity index (χ4n) is 2.21. The van der Waals surface area contributed by atoms with E-state index in [1.807, 2.05) is 0 Å². The van der Waals surface area contributed by atoms with Gasteiger partial charge in [-0.3, -0.25) is 14.7 Å². The van der Waals surface area contributed by atoms with Gasteiger partial charge in [0, 0.05) is 22.3 Å². The first-order valence-corrected chi connectivity index (χ1v) is 7.34. The molecule has 0 fully saturated rings. The Labute approximate surface area is 141 Å². The van der Waals surface area contributed by atoms with Crippen molar-refractivity contribution in [1.29, 1.82) is 0 Å². The van der Waals surface area contributed by atoms with Crippen LogP contribution in [-0.4, -0.2) is 25.7 Å². The zero-order valence-corrected chi connectivity index (χ0v) is 13.1. The van der Waals surface area contributed by atoms with Crippen molar-refractivity contribution in [3.63, 3.8) is 0 Å². The molecule has 23 heavy (non-hydrogen) atoms. The highest BCUT2D eigenvalue weighted by molar-refractivity contribution is 6.68. The van der Waals surface area contributed by atoms with Crippen LogP contribution in [0.4, 0.5) is 0 Å². The Kier molecular flexibility index (Phi) is 4.23. The standard InChI is InChI=1S/C16H9Cl2N3O2/c17-13(22)9-5-1-3-7-11(9)15-19-16(21-20-15)12-8-4-2-6-10(12)14(18)23/h1-8H,(H,19,20,21). The van der Waals surface area contributed by atoms with Crippen LogP contribution in [0.2, 0.25) is 0 Å². The van der Waals surface area contributed by atoms with Gasteiger partial charge < -0.3 is 0 Å². The number of nitrogens with zero attached hydrogens (tertiary/aromatic N) is 2. The predicted octanol–water partition coefficient (Wildman–Crippen LogP) is 3.90. The van der Waals surface area contributed by atoms with Crippen LogP contribution < -0.4 is 0 Å². The average Bonchev–Trinajstić information content (AvgIpc) is 3.04. The van der Waals surface area contributed by atoms with Crippen LogP contribution in [0.3, 0.4) is 0 Å². The van der Waals surface area contributed by atoms with Gasteiger partial charge in [0.1, 0.15) is 0 Å². The summed E-state index contributed by atoms with van der Waals surface area (Å²) in [5.74, 6) is 0.683. The van der Waals surface area contributed by atoms with Gasteiger partial charge in [-0.15, -0.1) is 0 Å². The number of halogens is 2. The Morgan fingerprint density at radius 1 is 0.826 bits per heavy atom. The molecule has 0 aliphatic rings. The minimum atomic E-state index is -0.594. The van der Waals surface area contributed by atoms with E-state index in [9.17, 15) is 9.59 Å². The third-order valence-corrected chi connectivity index (χ3v) is 3.67. The summed E-state index contributed by atoms with van der Waals surface area (Å²) >= 11 is 11.2. The largest absolute Gasteiger partial charge is 0.276 e. The number of carbonyl (C=O) groups excluding carboxylic acids is 2. The molecule has 1 N–H and O–H groups in total. The summed E-state index contributed by atoms with van der Waals surface area (Å²) in [7, 11) is 0. The maximum atomic E-state index is 11.5. The van der Waals surface area contributed by atoms with Gasteiger partial charge in [0.25, 0.3) is 10.5 Å². The lowest BCUT2D eigenvalue weighted by Crippen LogP contribution is -1.95. The van der Waals surface area contributed by atoms with Crippen molar-refractivity contribution in [1.82, 2.24) is 15.2 Å². The number of aromatic amines is 1. The van der Waals surface area contributed by atoms with Crippen molar-refractivity contribution in [2.75, 3.05) is 0 Å². The number of nitrogens with one attached hydrogen (secondary N) is 1. The molecule has 7 heteroatoms. The highest BCUT2D eigenvalue weighted by atomic mass is 35.5. The molecule has 0 atom stereocenters. The van der Waals surface area contributed by atoms with Crippen molar-refractivity contribution < 1.29 is 9.59 Å². The van der Waals surface area contributed by atoms with Gasteiger partial charge in [-0.2, -0.15) is 5.10 Å². The van der Waals surface area contributed by atoms with Crippen LogP contribution in [0.25, 0.3) is 22.8 Å². The topological polar surface area (TPSA) is 75.7 Å². The Morgan fingerprint density at radius 2 is 1.35 bits per heavy atom. The highest BCUT2D eigenvalue weighted by Gasteiger charge is 2.17. The molecule has 0 aliphatic carbocycles. The summed E-state index contributed by atoms with van der Waals surface area (Å²) in [5, 5.41) is 5.68. The molecule has 0 amide bonds. The third kappa shape index (κ3) is 3.02. The number of carbonyl (C=O) groups is 2. The first-order chi connectivity index (χ1) is 11.1. The molecule has 0 unspecified atom stereocenters. The van der Waals surface area contributed by atoms with Crippen molar-refractivity contribution >= 4 is 33.7 Å². The van der Waals surface area contributed by atoms with E-state index < -0.39 is 10.5 Å². The number of aromatic nitrogens is 3. The van der Waals surface area contributed by atoms with Gasteiger partial charge >= 0.3 is 0 Å². The summed E-state index contributed by atoms with van der Waals surface area (Å²) in [4.78, 5) is 27.3. The first-order valence-electron chi connectivity index (χ1n) is 6.59. The quantitative estimate of drug-likeness (QED) is 0.727. The molecule has 114 valence electrons. The fourth-order valence-corrected chi connectivity index (χ4v) is 2.54. The molecule has 0 radical (unpaired) electrons. The zero-order chi connectivity index (χ0) is 16.4. The van der Waals surface area contributed by atoms with Crippen LogP contribution >= 0.6 is 23.2 Å². The maximum Gasteiger partial charge on any atom is 0.253 e. The van der Waals surface area contributed by atoms with Crippen molar-refractivity contribution in [3.8, 4) is 22.8 Å². The number of hydrogen-bond acceptors (Lipinski definition) is 4. The van der Waals surface area contributed by atoms with Crippen molar-refractivity contribution in [2.24, 2.45) is 0 Å². The van der Waals surface area contributed by atoms with E-state index >= 15 is 0 Å². The number of H-pyrrole nitrogens is 1. The molecule has 0 saturated carbocycles. The third-order valence-electron chi connectivity index (χ3n) is 3.26.